The lowest BCUT2D eigenvalue weighted by molar-refractivity contribution is -0.137. The van der Waals surface area contributed by atoms with Crippen LogP contribution < -0.4 is 0 Å². The number of piperidine rings is 1. The van der Waals surface area contributed by atoms with Crippen molar-refractivity contribution in [2.24, 2.45) is 0 Å². The number of hydrogen-bond donors (Lipinski definition) is 0. The standard InChI is InChI=1S/C23H23F3N2O2S/c1-16-4-2-3-5-19(16)21(30)28-14-15-31-22(28)10-12-27(13-11-22)20(29)17-6-8-18(9-7-17)23(24,25)26/h2-9H,10-15H2,1H3. The predicted molar refractivity (Wildman–Crippen MR) is 114 cm³/mol. The van der Waals surface area contributed by atoms with E-state index in [1.54, 1.807) is 16.7 Å². The van der Waals surface area contributed by atoms with Crippen molar-refractivity contribution in [3.05, 3.63) is 70.8 Å². The van der Waals surface area contributed by atoms with Crippen molar-refractivity contribution >= 4 is 23.6 Å². The molecule has 0 aromatic heterocycles. The molecular weight excluding hydrogens is 425 g/mol. The molecule has 0 atom stereocenters. The minimum Gasteiger partial charge on any atom is -0.338 e. The lowest BCUT2D eigenvalue weighted by atomic mass is 9.99. The Morgan fingerprint density at radius 3 is 2.19 bits per heavy atom. The van der Waals surface area contributed by atoms with E-state index in [1.165, 1.54) is 12.1 Å². The summed E-state index contributed by atoms with van der Waals surface area (Å²) in [4.78, 5) is 29.3. The van der Waals surface area contributed by atoms with Crippen molar-refractivity contribution in [2.75, 3.05) is 25.4 Å². The van der Waals surface area contributed by atoms with Crippen LogP contribution in [-0.2, 0) is 6.18 Å². The normalized spacial score (nSPS) is 18.5. The van der Waals surface area contributed by atoms with Crippen LogP contribution in [0.1, 0.15) is 44.7 Å². The summed E-state index contributed by atoms with van der Waals surface area (Å²) in [5.41, 5.74) is 1.12. The van der Waals surface area contributed by atoms with Gasteiger partial charge in [0.1, 0.15) is 0 Å². The van der Waals surface area contributed by atoms with Crippen LogP contribution in [0.2, 0.25) is 0 Å². The lowest BCUT2D eigenvalue weighted by Crippen LogP contribution is -2.53. The van der Waals surface area contributed by atoms with Gasteiger partial charge in [0.2, 0.25) is 0 Å². The molecule has 0 N–H and O–H groups in total. The zero-order chi connectivity index (χ0) is 22.2. The number of carbonyl (C=O) groups is 2. The number of likely N-dealkylation sites (tertiary alicyclic amines) is 1. The number of benzene rings is 2. The smallest absolute Gasteiger partial charge is 0.338 e. The number of nitrogens with zero attached hydrogens (tertiary/aromatic N) is 2. The van der Waals surface area contributed by atoms with Gasteiger partial charge in [-0.15, -0.1) is 11.8 Å². The van der Waals surface area contributed by atoms with Gasteiger partial charge >= 0.3 is 6.18 Å². The molecule has 31 heavy (non-hydrogen) atoms. The van der Waals surface area contributed by atoms with Crippen molar-refractivity contribution in [3.8, 4) is 0 Å². The molecule has 2 fully saturated rings. The summed E-state index contributed by atoms with van der Waals surface area (Å²) in [5.74, 6) is 0.596. The second-order valence-electron chi connectivity index (χ2n) is 7.93. The van der Waals surface area contributed by atoms with Gasteiger partial charge in [0, 0.05) is 36.5 Å². The predicted octanol–water partition coefficient (Wildman–Crippen LogP) is 4.84. The maximum Gasteiger partial charge on any atom is 0.416 e. The zero-order valence-electron chi connectivity index (χ0n) is 17.1. The third kappa shape index (κ3) is 4.18. The van der Waals surface area contributed by atoms with Gasteiger partial charge in [-0.05, 0) is 55.7 Å². The summed E-state index contributed by atoms with van der Waals surface area (Å²) in [6, 6.07) is 11.9. The quantitative estimate of drug-likeness (QED) is 0.661. The maximum atomic E-state index is 13.2. The second kappa shape index (κ2) is 8.22. The highest BCUT2D eigenvalue weighted by Gasteiger charge is 2.47. The van der Waals surface area contributed by atoms with E-state index in [9.17, 15) is 22.8 Å². The molecule has 2 aromatic carbocycles. The van der Waals surface area contributed by atoms with Gasteiger partial charge in [-0.3, -0.25) is 9.59 Å². The summed E-state index contributed by atoms with van der Waals surface area (Å²) < 4.78 is 38.3. The van der Waals surface area contributed by atoms with E-state index in [-0.39, 0.29) is 22.2 Å². The number of amides is 2. The molecule has 0 aliphatic carbocycles. The number of carbonyl (C=O) groups excluding carboxylic acids is 2. The Hall–Kier alpha value is -2.48. The molecule has 164 valence electrons. The van der Waals surface area contributed by atoms with Gasteiger partial charge in [0.15, 0.2) is 0 Å². The van der Waals surface area contributed by atoms with E-state index in [2.05, 4.69) is 0 Å². The van der Waals surface area contributed by atoms with Crippen LogP contribution in [0, 0.1) is 6.92 Å². The SMILES string of the molecule is Cc1ccccc1C(=O)N1CCSC12CCN(C(=O)c1ccc(C(F)(F)F)cc1)CC2. The fraction of sp³-hybridized carbons (Fsp3) is 0.391. The van der Waals surface area contributed by atoms with E-state index in [4.69, 9.17) is 0 Å². The third-order valence-electron chi connectivity index (χ3n) is 6.09. The van der Waals surface area contributed by atoms with Crippen molar-refractivity contribution in [1.82, 2.24) is 9.80 Å². The Labute approximate surface area is 183 Å². The van der Waals surface area contributed by atoms with Crippen LogP contribution in [0.15, 0.2) is 48.5 Å². The number of aryl methyl sites for hydroxylation is 1. The molecule has 0 radical (unpaired) electrons. The average molecular weight is 449 g/mol. The van der Waals surface area contributed by atoms with Crippen molar-refractivity contribution in [1.29, 1.82) is 0 Å². The third-order valence-corrected chi connectivity index (χ3v) is 7.64. The van der Waals surface area contributed by atoms with Crippen LogP contribution >= 0.6 is 11.8 Å². The Morgan fingerprint density at radius 2 is 1.58 bits per heavy atom. The van der Waals surface area contributed by atoms with Crippen LogP contribution in [0.5, 0.6) is 0 Å². The van der Waals surface area contributed by atoms with Gasteiger partial charge in [-0.1, -0.05) is 18.2 Å². The molecule has 1 spiro atoms. The van der Waals surface area contributed by atoms with Crippen molar-refractivity contribution in [3.63, 3.8) is 0 Å². The van der Waals surface area contributed by atoms with E-state index >= 15 is 0 Å². The molecule has 2 heterocycles. The first-order chi connectivity index (χ1) is 14.7. The van der Waals surface area contributed by atoms with Crippen LogP contribution in [0.4, 0.5) is 13.2 Å². The van der Waals surface area contributed by atoms with Gasteiger partial charge in [0.05, 0.1) is 10.4 Å². The monoisotopic (exact) mass is 448 g/mol. The van der Waals surface area contributed by atoms with E-state index in [0.29, 0.717) is 38.0 Å². The number of halogens is 3. The molecule has 2 amide bonds. The average Bonchev–Trinajstić information content (AvgIpc) is 3.16. The highest BCUT2D eigenvalue weighted by molar-refractivity contribution is 8.00. The summed E-state index contributed by atoms with van der Waals surface area (Å²) in [6.45, 7) is 3.52. The molecule has 8 heteroatoms. The van der Waals surface area contributed by atoms with Crippen LogP contribution in [0.25, 0.3) is 0 Å². The van der Waals surface area contributed by atoms with E-state index < -0.39 is 11.7 Å². The Balaban J connectivity index is 1.45. The summed E-state index contributed by atoms with van der Waals surface area (Å²) >= 11 is 1.76. The van der Waals surface area contributed by atoms with E-state index in [1.807, 2.05) is 36.1 Å². The molecule has 2 saturated heterocycles. The first kappa shape index (κ1) is 21.7. The Kier molecular flexibility index (Phi) is 5.77. The largest absolute Gasteiger partial charge is 0.416 e. The van der Waals surface area contributed by atoms with Crippen LogP contribution in [-0.4, -0.2) is 51.9 Å². The Morgan fingerprint density at radius 1 is 0.935 bits per heavy atom. The minimum atomic E-state index is -4.42. The fourth-order valence-corrected chi connectivity index (χ4v) is 5.77. The molecule has 2 aliphatic rings. The molecule has 0 saturated carbocycles. The van der Waals surface area contributed by atoms with Crippen molar-refractivity contribution < 1.29 is 22.8 Å². The number of hydrogen-bond acceptors (Lipinski definition) is 3. The maximum absolute atomic E-state index is 13.2. The van der Waals surface area contributed by atoms with Gasteiger partial charge in [-0.2, -0.15) is 13.2 Å². The van der Waals surface area contributed by atoms with Gasteiger partial charge < -0.3 is 9.80 Å². The molecule has 0 unspecified atom stereocenters. The van der Waals surface area contributed by atoms with Gasteiger partial charge in [-0.25, -0.2) is 0 Å². The van der Waals surface area contributed by atoms with Crippen molar-refractivity contribution in [2.45, 2.75) is 30.8 Å². The highest BCUT2D eigenvalue weighted by Crippen LogP contribution is 2.45. The molecule has 2 aliphatic heterocycles. The highest BCUT2D eigenvalue weighted by atomic mass is 32.2. The Bertz CT molecular complexity index is 983. The summed E-state index contributed by atoms with van der Waals surface area (Å²) in [5, 5.41) is 0. The van der Waals surface area contributed by atoms with Crippen LogP contribution in [0.3, 0.4) is 0 Å². The minimum absolute atomic E-state index is 0.0191. The molecule has 0 bridgehead atoms. The van der Waals surface area contributed by atoms with Gasteiger partial charge in [0.25, 0.3) is 11.8 Å². The molecule has 4 nitrogen and oxygen atoms in total. The first-order valence-electron chi connectivity index (χ1n) is 10.2. The molecule has 4 rings (SSSR count). The second-order valence-corrected chi connectivity index (χ2v) is 9.39. The number of rotatable bonds is 2. The first-order valence-corrected chi connectivity index (χ1v) is 11.2. The molecule has 2 aromatic rings. The fourth-order valence-electron chi connectivity index (χ4n) is 4.31. The lowest BCUT2D eigenvalue weighted by Gasteiger charge is -2.44. The molecular formula is C23H23F3N2O2S. The number of thioether (sulfide) groups is 1. The van der Waals surface area contributed by atoms with E-state index in [0.717, 1.165) is 23.4 Å². The summed E-state index contributed by atoms with van der Waals surface area (Å²) in [6.07, 6.45) is -3.14. The number of alkyl halides is 3. The topological polar surface area (TPSA) is 40.6 Å². The zero-order valence-corrected chi connectivity index (χ0v) is 17.9. The summed E-state index contributed by atoms with van der Waals surface area (Å²) in [7, 11) is 0.